The highest BCUT2D eigenvalue weighted by molar-refractivity contribution is 5.88. The summed E-state index contributed by atoms with van der Waals surface area (Å²) in [5, 5.41) is 4.06. The van der Waals surface area contributed by atoms with Crippen molar-refractivity contribution in [2.24, 2.45) is 0 Å². The lowest BCUT2D eigenvalue weighted by Gasteiger charge is -2.18. The summed E-state index contributed by atoms with van der Waals surface area (Å²) in [6, 6.07) is 37.8. The van der Waals surface area contributed by atoms with Crippen LogP contribution in [0.1, 0.15) is 0 Å². The van der Waals surface area contributed by atoms with Crippen LogP contribution in [-0.4, -0.2) is 4.57 Å². The molecule has 4 aromatic carbocycles. The van der Waals surface area contributed by atoms with Crippen LogP contribution in [0.25, 0.3) is 27.8 Å². The highest BCUT2D eigenvalue weighted by Crippen LogP contribution is 2.28. The lowest BCUT2D eigenvalue weighted by atomic mass is 10.1. The number of nitrogens with zero attached hydrogens (tertiary/aromatic N) is 1. The van der Waals surface area contributed by atoms with Crippen molar-refractivity contribution in [1.82, 2.24) is 4.57 Å². The van der Waals surface area contributed by atoms with Crippen molar-refractivity contribution < 1.29 is 0 Å². The maximum absolute atomic E-state index is 13.1. The van der Waals surface area contributed by atoms with Gasteiger partial charge in [-0.1, -0.05) is 66.7 Å². The zero-order chi connectivity index (χ0) is 20.3. The molecule has 30 heavy (non-hydrogen) atoms. The minimum atomic E-state index is 0.00717. The Kier molecular flexibility index (Phi) is 4.62. The van der Waals surface area contributed by atoms with E-state index < -0.39 is 0 Å². The molecule has 0 saturated heterocycles. The van der Waals surface area contributed by atoms with Gasteiger partial charge in [-0.3, -0.25) is 4.79 Å². The molecule has 0 aliphatic heterocycles. The van der Waals surface area contributed by atoms with Crippen LogP contribution in [0.4, 0.5) is 11.4 Å². The molecule has 1 aromatic heterocycles. The first-order chi connectivity index (χ1) is 14.8. The Morgan fingerprint density at radius 1 is 0.600 bits per heavy atom. The van der Waals surface area contributed by atoms with Gasteiger partial charge in [0.1, 0.15) is 0 Å². The standard InChI is InChI=1S/C27H20N2O/c30-27-19-26(20-10-4-1-5-11-20)29(23-14-8-3-9-15-23)25-17-16-22(18-24(25)27)28-21-12-6-2-7-13-21/h1-19,28H. The van der Waals surface area contributed by atoms with Crippen LogP contribution < -0.4 is 10.7 Å². The third kappa shape index (κ3) is 3.38. The number of pyridine rings is 1. The van der Waals surface area contributed by atoms with Crippen molar-refractivity contribution in [1.29, 1.82) is 0 Å². The molecule has 5 rings (SSSR count). The average Bonchev–Trinajstić information content (AvgIpc) is 2.81. The van der Waals surface area contributed by atoms with Gasteiger partial charge >= 0.3 is 0 Å². The third-order valence-electron chi connectivity index (χ3n) is 5.16. The Morgan fingerprint density at radius 2 is 1.23 bits per heavy atom. The van der Waals surface area contributed by atoms with E-state index in [4.69, 9.17) is 0 Å². The largest absolute Gasteiger partial charge is 0.356 e. The normalized spacial score (nSPS) is 10.8. The Labute approximate surface area is 174 Å². The summed E-state index contributed by atoms with van der Waals surface area (Å²) in [6.07, 6.45) is 0. The number of aromatic nitrogens is 1. The second kappa shape index (κ2) is 7.72. The van der Waals surface area contributed by atoms with Gasteiger partial charge in [-0.2, -0.15) is 0 Å². The predicted molar refractivity (Wildman–Crippen MR) is 125 cm³/mol. The second-order valence-electron chi connectivity index (χ2n) is 7.15. The quantitative estimate of drug-likeness (QED) is 0.386. The molecule has 3 heteroatoms. The van der Waals surface area contributed by atoms with Crippen molar-refractivity contribution in [2.75, 3.05) is 5.32 Å². The van der Waals surface area contributed by atoms with Crippen LogP contribution in [0.2, 0.25) is 0 Å². The van der Waals surface area contributed by atoms with E-state index >= 15 is 0 Å². The number of hydrogen-bond donors (Lipinski definition) is 1. The van der Waals surface area contributed by atoms with E-state index in [9.17, 15) is 4.79 Å². The van der Waals surface area contributed by atoms with E-state index in [1.165, 1.54) is 0 Å². The molecule has 1 N–H and O–H groups in total. The van der Waals surface area contributed by atoms with Gasteiger partial charge in [-0.25, -0.2) is 0 Å². The van der Waals surface area contributed by atoms with Crippen LogP contribution in [0, 0.1) is 0 Å². The van der Waals surface area contributed by atoms with Crippen molar-refractivity contribution in [3.63, 3.8) is 0 Å². The van der Waals surface area contributed by atoms with Crippen LogP contribution >= 0.6 is 0 Å². The number of hydrogen-bond acceptors (Lipinski definition) is 2. The van der Waals surface area contributed by atoms with Gasteiger partial charge in [-0.05, 0) is 48.0 Å². The molecule has 0 aliphatic rings. The van der Waals surface area contributed by atoms with Crippen LogP contribution in [0.3, 0.4) is 0 Å². The minimum Gasteiger partial charge on any atom is -0.356 e. The van der Waals surface area contributed by atoms with Gasteiger partial charge in [-0.15, -0.1) is 0 Å². The summed E-state index contributed by atoms with van der Waals surface area (Å²) in [5.74, 6) is 0. The predicted octanol–water partition coefficient (Wildman–Crippen LogP) is 6.40. The minimum absolute atomic E-state index is 0.00717. The average molecular weight is 388 g/mol. The zero-order valence-corrected chi connectivity index (χ0v) is 16.3. The summed E-state index contributed by atoms with van der Waals surface area (Å²) in [7, 11) is 0. The number of rotatable bonds is 4. The fourth-order valence-corrected chi connectivity index (χ4v) is 3.77. The summed E-state index contributed by atoms with van der Waals surface area (Å²) in [5.41, 5.74) is 5.66. The van der Waals surface area contributed by atoms with E-state index in [1.54, 1.807) is 6.07 Å². The van der Waals surface area contributed by atoms with Gasteiger partial charge in [0.25, 0.3) is 0 Å². The number of fused-ring (bicyclic) bond motifs is 1. The molecule has 144 valence electrons. The second-order valence-corrected chi connectivity index (χ2v) is 7.15. The lowest BCUT2D eigenvalue weighted by molar-refractivity contribution is 1.11. The van der Waals surface area contributed by atoms with Crippen LogP contribution in [0.15, 0.2) is 120 Å². The molecule has 0 atom stereocenters. The van der Waals surface area contributed by atoms with Crippen LogP contribution in [0.5, 0.6) is 0 Å². The van der Waals surface area contributed by atoms with Crippen molar-refractivity contribution >= 4 is 22.3 Å². The molecule has 0 saturated carbocycles. The molecule has 0 spiro atoms. The third-order valence-corrected chi connectivity index (χ3v) is 5.16. The molecular formula is C27H20N2O. The molecule has 0 bridgehead atoms. The first-order valence-corrected chi connectivity index (χ1v) is 9.92. The van der Waals surface area contributed by atoms with Gasteiger partial charge in [0, 0.05) is 28.5 Å². The molecule has 0 fully saturated rings. The number of anilines is 2. The first kappa shape index (κ1) is 18.0. The van der Waals surface area contributed by atoms with Gasteiger partial charge in [0.2, 0.25) is 0 Å². The molecule has 1 heterocycles. The Morgan fingerprint density at radius 3 is 1.93 bits per heavy atom. The zero-order valence-electron chi connectivity index (χ0n) is 16.3. The first-order valence-electron chi connectivity index (χ1n) is 9.92. The smallest absolute Gasteiger partial charge is 0.190 e. The Bertz CT molecular complexity index is 1360. The Hall–Kier alpha value is -4.11. The van der Waals surface area contributed by atoms with Gasteiger partial charge < -0.3 is 9.88 Å². The maximum atomic E-state index is 13.1. The molecule has 3 nitrogen and oxygen atoms in total. The lowest BCUT2D eigenvalue weighted by Crippen LogP contribution is -2.11. The highest BCUT2D eigenvalue weighted by atomic mass is 16.1. The molecule has 0 unspecified atom stereocenters. The molecule has 0 amide bonds. The summed E-state index contributed by atoms with van der Waals surface area (Å²) in [6.45, 7) is 0. The van der Waals surface area contributed by atoms with Crippen molar-refractivity contribution in [3.05, 3.63) is 125 Å². The van der Waals surface area contributed by atoms with E-state index in [0.29, 0.717) is 5.39 Å². The fraction of sp³-hybridized carbons (Fsp3) is 0. The van der Waals surface area contributed by atoms with E-state index in [1.807, 2.05) is 97.1 Å². The molecule has 0 aliphatic carbocycles. The number of para-hydroxylation sites is 2. The van der Waals surface area contributed by atoms with E-state index in [-0.39, 0.29) is 5.43 Å². The highest BCUT2D eigenvalue weighted by Gasteiger charge is 2.13. The summed E-state index contributed by atoms with van der Waals surface area (Å²) >= 11 is 0. The maximum Gasteiger partial charge on any atom is 0.190 e. The fourth-order valence-electron chi connectivity index (χ4n) is 3.77. The summed E-state index contributed by atoms with van der Waals surface area (Å²) in [4.78, 5) is 13.1. The number of nitrogens with one attached hydrogen (secondary N) is 1. The van der Waals surface area contributed by atoms with Gasteiger partial charge in [0.15, 0.2) is 5.43 Å². The topological polar surface area (TPSA) is 34.0 Å². The molecule has 5 aromatic rings. The van der Waals surface area contributed by atoms with Crippen molar-refractivity contribution in [3.8, 4) is 16.9 Å². The van der Waals surface area contributed by atoms with Crippen molar-refractivity contribution in [2.45, 2.75) is 0 Å². The van der Waals surface area contributed by atoms with E-state index in [0.717, 1.165) is 33.8 Å². The summed E-state index contributed by atoms with van der Waals surface area (Å²) < 4.78 is 2.15. The van der Waals surface area contributed by atoms with Gasteiger partial charge in [0.05, 0.1) is 11.2 Å². The van der Waals surface area contributed by atoms with Crippen LogP contribution in [-0.2, 0) is 0 Å². The molecule has 0 radical (unpaired) electrons. The van der Waals surface area contributed by atoms with E-state index in [2.05, 4.69) is 22.0 Å². The SMILES string of the molecule is O=c1cc(-c2ccccc2)n(-c2ccccc2)c2ccc(Nc3ccccc3)cc12. The molecular weight excluding hydrogens is 368 g/mol. The Balaban J connectivity index is 1.74. The number of benzene rings is 4. The monoisotopic (exact) mass is 388 g/mol.